The summed E-state index contributed by atoms with van der Waals surface area (Å²) in [6.45, 7) is 0.0635. The molecular weight excluding hydrogens is 677 g/mol. The van der Waals surface area contributed by atoms with Crippen LogP contribution in [0.1, 0.15) is 22.3 Å². The van der Waals surface area contributed by atoms with Crippen LogP contribution in [-0.2, 0) is 0 Å². The molecule has 9 rings (SSSR count). The van der Waals surface area contributed by atoms with Gasteiger partial charge >= 0.3 is 0 Å². The fraction of sp³-hybridized carbons (Fsp3) is 0.0588. The van der Waals surface area contributed by atoms with Crippen molar-refractivity contribution in [2.75, 3.05) is 21.0 Å². The van der Waals surface area contributed by atoms with Crippen molar-refractivity contribution in [3.8, 4) is 56.4 Å². The van der Waals surface area contributed by atoms with Crippen molar-refractivity contribution in [3.05, 3.63) is 180 Å². The maximum Gasteiger partial charge on any atom is 0.231 e. The summed E-state index contributed by atoms with van der Waals surface area (Å²) in [6.07, 6.45) is 8.53. The quantitative estimate of drug-likeness (QED) is 0.147. The summed E-state index contributed by atoms with van der Waals surface area (Å²) in [4.78, 5) is 0. The van der Waals surface area contributed by atoms with Gasteiger partial charge < -0.3 is 18.9 Å². The average molecular weight is 715 g/mol. The van der Waals surface area contributed by atoms with E-state index in [1.165, 1.54) is 11.1 Å². The summed E-state index contributed by atoms with van der Waals surface area (Å²) in [7, 11) is 3.37. The summed E-state index contributed by atoms with van der Waals surface area (Å²) in [5.74, 6) is 3.21. The van der Waals surface area contributed by atoms with E-state index in [1.54, 1.807) is 14.2 Å². The first-order valence-corrected chi connectivity index (χ1v) is 18.4. The third-order valence-electron chi connectivity index (χ3n) is 10.3. The molecular formula is C51H38O4. The minimum Gasteiger partial charge on any atom is -0.497 e. The molecule has 0 bridgehead atoms. The van der Waals surface area contributed by atoms with E-state index < -0.39 is 0 Å². The fourth-order valence-corrected chi connectivity index (χ4v) is 7.44. The highest BCUT2D eigenvalue weighted by Gasteiger charge is 2.26. The number of hydrogen-bond acceptors (Lipinski definition) is 4. The topological polar surface area (TPSA) is 36.9 Å². The van der Waals surface area contributed by atoms with Gasteiger partial charge in [-0.3, -0.25) is 0 Å². The number of methoxy groups -OCH3 is 2. The lowest BCUT2D eigenvalue weighted by Gasteiger charge is -2.18. The van der Waals surface area contributed by atoms with Crippen LogP contribution < -0.4 is 18.9 Å². The van der Waals surface area contributed by atoms with Gasteiger partial charge in [-0.15, -0.1) is 0 Å². The Bertz CT molecular complexity index is 2520. The molecule has 266 valence electrons. The first kappa shape index (κ1) is 33.8. The van der Waals surface area contributed by atoms with E-state index in [1.807, 2.05) is 24.3 Å². The summed E-state index contributed by atoms with van der Waals surface area (Å²) < 4.78 is 24.1. The lowest BCUT2D eigenvalue weighted by Crippen LogP contribution is -2.05. The first-order valence-electron chi connectivity index (χ1n) is 18.4. The van der Waals surface area contributed by atoms with Gasteiger partial charge in [0.1, 0.15) is 23.0 Å². The molecule has 0 atom stereocenters. The molecule has 0 aromatic heterocycles. The molecule has 0 radical (unpaired) electrons. The third-order valence-corrected chi connectivity index (χ3v) is 10.3. The molecule has 8 aromatic carbocycles. The minimum absolute atomic E-state index is 0.0635. The molecule has 0 saturated carbocycles. The molecule has 0 unspecified atom stereocenters. The maximum atomic E-state index is 6.66. The van der Waals surface area contributed by atoms with Crippen LogP contribution in [0.3, 0.4) is 0 Å². The zero-order chi connectivity index (χ0) is 37.1. The Balaban J connectivity index is 1.31. The second-order valence-corrected chi connectivity index (χ2v) is 13.6. The molecule has 1 heterocycles. The molecule has 0 fully saturated rings. The monoisotopic (exact) mass is 714 g/mol. The van der Waals surface area contributed by atoms with Crippen LogP contribution in [0.5, 0.6) is 23.0 Å². The SMILES string of the molecule is COc1ccc(/C=C/c2cc3cc(-c4ccccc4)ccc3c3c2OCOc2c(/C=C/c4ccc(OC)cc4)cc4cc(-c5ccccc5)ccc4c2-3)cc1. The molecule has 0 spiro atoms. The van der Waals surface area contributed by atoms with Crippen molar-refractivity contribution in [2.45, 2.75) is 0 Å². The molecule has 0 saturated heterocycles. The Morgan fingerprint density at radius 3 is 1.24 bits per heavy atom. The molecule has 0 N–H and O–H groups in total. The Hall–Kier alpha value is -7.04. The van der Waals surface area contributed by atoms with Gasteiger partial charge in [0.25, 0.3) is 0 Å². The van der Waals surface area contributed by atoms with Gasteiger partial charge in [0.2, 0.25) is 6.79 Å². The predicted molar refractivity (Wildman–Crippen MR) is 228 cm³/mol. The number of ether oxygens (including phenoxy) is 4. The van der Waals surface area contributed by atoms with Gasteiger partial charge in [-0.1, -0.05) is 133 Å². The van der Waals surface area contributed by atoms with Crippen molar-refractivity contribution in [3.63, 3.8) is 0 Å². The van der Waals surface area contributed by atoms with E-state index in [9.17, 15) is 0 Å². The van der Waals surface area contributed by atoms with Crippen molar-refractivity contribution in [1.29, 1.82) is 0 Å². The van der Waals surface area contributed by atoms with Crippen LogP contribution in [0.2, 0.25) is 0 Å². The number of fused-ring (bicyclic) bond motifs is 7. The van der Waals surface area contributed by atoms with E-state index in [0.29, 0.717) is 0 Å². The van der Waals surface area contributed by atoms with E-state index in [2.05, 4.69) is 158 Å². The zero-order valence-electron chi connectivity index (χ0n) is 30.7. The van der Waals surface area contributed by atoms with Crippen LogP contribution >= 0.6 is 0 Å². The van der Waals surface area contributed by atoms with Gasteiger partial charge in [0.15, 0.2) is 0 Å². The van der Waals surface area contributed by atoms with Gasteiger partial charge in [0.05, 0.1) is 14.2 Å². The second kappa shape index (κ2) is 14.8. The van der Waals surface area contributed by atoms with Gasteiger partial charge in [0, 0.05) is 22.3 Å². The van der Waals surface area contributed by atoms with Crippen molar-refractivity contribution < 1.29 is 18.9 Å². The molecule has 1 aliphatic heterocycles. The maximum absolute atomic E-state index is 6.66. The third kappa shape index (κ3) is 6.71. The smallest absolute Gasteiger partial charge is 0.231 e. The molecule has 0 aliphatic carbocycles. The first-order chi connectivity index (χ1) is 27.1. The van der Waals surface area contributed by atoms with Gasteiger partial charge in [-0.05, 0) is 103 Å². The highest BCUT2D eigenvalue weighted by Crippen LogP contribution is 2.51. The van der Waals surface area contributed by atoms with Crippen LogP contribution in [0, 0.1) is 0 Å². The van der Waals surface area contributed by atoms with Crippen molar-refractivity contribution >= 4 is 45.8 Å². The highest BCUT2D eigenvalue weighted by atomic mass is 16.7. The van der Waals surface area contributed by atoms with E-state index >= 15 is 0 Å². The van der Waals surface area contributed by atoms with E-state index in [4.69, 9.17) is 18.9 Å². The largest absolute Gasteiger partial charge is 0.497 e. The van der Waals surface area contributed by atoms with Crippen LogP contribution in [0.4, 0.5) is 0 Å². The Morgan fingerprint density at radius 2 is 0.836 bits per heavy atom. The van der Waals surface area contributed by atoms with E-state index in [-0.39, 0.29) is 6.79 Å². The molecule has 55 heavy (non-hydrogen) atoms. The standard InChI is InChI=1S/C51H38O4/c1-52-44-23-15-34(16-24-44)13-19-40-31-42-29-38(36-9-5-3-6-10-36)21-27-46(42)48-49-47-28-22-39(37-11-7-4-8-12-37)30-43(47)32-41(51(49)55-33-54-50(40)48)20-14-35-17-25-45(53-2)26-18-35/h3-32H,33H2,1-2H3/b19-13+,20-14+. The molecule has 4 heteroatoms. The lowest BCUT2D eigenvalue weighted by molar-refractivity contribution is 0.124. The zero-order valence-corrected chi connectivity index (χ0v) is 30.7. The van der Waals surface area contributed by atoms with Crippen LogP contribution in [0.15, 0.2) is 158 Å². The Labute approximate surface area is 321 Å². The number of benzene rings is 8. The van der Waals surface area contributed by atoms with E-state index in [0.717, 1.165) is 89.1 Å². The molecule has 0 amide bonds. The normalized spacial score (nSPS) is 12.3. The van der Waals surface area contributed by atoms with Crippen LogP contribution in [-0.4, -0.2) is 21.0 Å². The van der Waals surface area contributed by atoms with Gasteiger partial charge in [-0.25, -0.2) is 0 Å². The number of hydrogen-bond donors (Lipinski definition) is 0. The molecule has 8 aromatic rings. The summed E-state index contributed by atoms with van der Waals surface area (Å²) >= 11 is 0. The van der Waals surface area contributed by atoms with Gasteiger partial charge in [-0.2, -0.15) is 0 Å². The second-order valence-electron chi connectivity index (χ2n) is 13.6. The average Bonchev–Trinajstić information content (AvgIpc) is 3.46. The highest BCUT2D eigenvalue weighted by molar-refractivity contribution is 6.13. The summed E-state index contributed by atoms with van der Waals surface area (Å²) in [6, 6.07) is 55.1. The fourth-order valence-electron chi connectivity index (χ4n) is 7.44. The predicted octanol–water partition coefficient (Wildman–Crippen LogP) is 13.1. The van der Waals surface area contributed by atoms with Crippen molar-refractivity contribution in [2.24, 2.45) is 0 Å². The number of rotatable bonds is 8. The Morgan fingerprint density at radius 1 is 0.418 bits per heavy atom. The van der Waals surface area contributed by atoms with Crippen molar-refractivity contribution in [1.82, 2.24) is 0 Å². The van der Waals surface area contributed by atoms with Crippen LogP contribution in [0.25, 0.3) is 79.2 Å². The summed E-state index contributed by atoms with van der Waals surface area (Å²) in [5.41, 5.74) is 10.7. The molecule has 4 nitrogen and oxygen atoms in total. The lowest BCUT2D eigenvalue weighted by atomic mass is 9.87. The summed E-state index contributed by atoms with van der Waals surface area (Å²) in [5, 5.41) is 4.40. The Kier molecular flexibility index (Phi) is 9.07. The molecule has 1 aliphatic rings. The minimum atomic E-state index is 0.0635.